The topological polar surface area (TPSA) is 68.3 Å². The van der Waals surface area contributed by atoms with Crippen LogP contribution in [0.1, 0.15) is 16.1 Å². The molecule has 106 valence electrons. The molecule has 0 aliphatic rings. The first-order valence-electron chi connectivity index (χ1n) is 6.46. The van der Waals surface area contributed by atoms with E-state index in [9.17, 15) is 9.18 Å². The zero-order valence-electron chi connectivity index (χ0n) is 11.1. The molecule has 0 saturated carbocycles. The van der Waals surface area contributed by atoms with Gasteiger partial charge in [-0.05, 0) is 30.3 Å². The van der Waals surface area contributed by atoms with Crippen LogP contribution < -0.4 is 11.1 Å². The second-order valence-electron chi connectivity index (χ2n) is 4.61. The average Bonchev–Trinajstić information content (AvgIpc) is 2.93. The van der Waals surface area contributed by atoms with Crippen LogP contribution in [-0.4, -0.2) is 5.91 Å². The molecule has 5 heteroatoms. The molecular weight excluding hydrogens is 271 g/mol. The summed E-state index contributed by atoms with van der Waals surface area (Å²) >= 11 is 0. The summed E-state index contributed by atoms with van der Waals surface area (Å²) in [5, 5.41) is 3.52. The molecule has 0 atom stereocenters. The third-order valence-corrected chi connectivity index (χ3v) is 3.17. The maximum atomic E-state index is 13.4. The van der Waals surface area contributed by atoms with Crippen LogP contribution in [0, 0.1) is 5.82 Å². The van der Waals surface area contributed by atoms with Crippen molar-refractivity contribution in [1.29, 1.82) is 0 Å². The summed E-state index contributed by atoms with van der Waals surface area (Å²) in [4.78, 5) is 12.1. The quantitative estimate of drug-likeness (QED) is 0.775. The van der Waals surface area contributed by atoms with Crippen molar-refractivity contribution in [1.82, 2.24) is 0 Å². The van der Waals surface area contributed by atoms with Crippen molar-refractivity contribution in [3.05, 3.63) is 65.7 Å². The monoisotopic (exact) mass is 284 g/mol. The fraction of sp³-hybridized carbons (Fsp3) is 0.0625. The Hall–Kier alpha value is -2.66. The lowest BCUT2D eigenvalue weighted by molar-refractivity contribution is 0.0998. The van der Waals surface area contributed by atoms with Gasteiger partial charge in [-0.3, -0.25) is 4.79 Å². The zero-order chi connectivity index (χ0) is 14.8. The molecular formula is C16H13FN2O2. The molecule has 21 heavy (non-hydrogen) atoms. The summed E-state index contributed by atoms with van der Waals surface area (Å²) in [7, 11) is 0. The van der Waals surface area contributed by atoms with Gasteiger partial charge in [0.2, 0.25) is 0 Å². The largest absolute Gasteiger partial charge is 0.451 e. The van der Waals surface area contributed by atoms with Gasteiger partial charge in [0, 0.05) is 23.2 Å². The Bertz CT molecular complexity index is 778. The highest BCUT2D eigenvalue weighted by Gasteiger charge is 2.13. The van der Waals surface area contributed by atoms with Gasteiger partial charge in [0.1, 0.15) is 11.4 Å². The molecule has 0 unspecified atom stereocenters. The fourth-order valence-electron chi connectivity index (χ4n) is 2.10. The van der Waals surface area contributed by atoms with Gasteiger partial charge in [0.15, 0.2) is 5.76 Å². The lowest BCUT2D eigenvalue weighted by atomic mass is 10.2. The first-order valence-corrected chi connectivity index (χ1v) is 6.46. The minimum atomic E-state index is -0.390. The molecule has 0 radical (unpaired) electrons. The summed E-state index contributed by atoms with van der Waals surface area (Å²) in [6.07, 6.45) is 0. The van der Waals surface area contributed by atoms with Crippen LogP contribution in [0.5, 0.6) is 0 Å². The molecule has 0 fully saturated rings. The number of para-hydroxylation sites is 1. The third-order valence-electron chi connectivity index (χ3n) is 3.17. The van der Waals surface area contributed by atoms with Gasteiger partial charge in [-0.25, -0.2) is 4.39 Å². The van der Waals surface area contributed by atoms with E-state index in [1.54, 1.807) is 12.1 Å². The number of anilines is 1. The minimum Gasteiger partial charge on any atom is -0.451 e. The smallest absolute Gasteiger partial charge is 0.291 e. The number of benzene rings is 2. The van der Waals surface area contributed by atoms with Gasteiger partial charge in [-0.1, -0.05) is 18.2 Å². The number of amides is 1. The number of carbonyl (C=O) groups is 1. The maximum Gasteiger partial charge on any atom is 0.291 e. The van der Waals surface area contributed by atoms with Crippen molar-refractivity contribution in [2.75, 3.05) is 5.32 Å². The molecule has 3 rings (SSSR count). The lowest BCUT2D eigenvalue weighted by Gasteiger charge is -2.06. The van der Waals surface area contributed by atoms with Crippen LogP contribution in [0.4, 0.5) is 10.1 Å². The number of nitrogens with two attached hydrogens (primary N) is 1. The van der Waals surface area contributed by atoms with Gasteiger partial charge in [0.05, 0.1) is 0 Å². The third kappa shape index (κ3) is 2.64. The fourth-order valence-corrected chi connectivity index (χ4v) is 2.10. The van der Waals surface area contributed by atoms with E-state index in [0.29, 0.717) is 16.8 Å². The van der Waals surface area contributed by atoms with Crippen molar-refractivity contribution in [3.8, 4) is 0 Å². The number of carbonyl (C=O) groups excluding carboxylic acids is 1. The molecule has 0 aliphatic heterocycles. The Balaban J connectivity index is 1.85. The van der Waals surface area contributed by atoms with Gasteiger partial charge in [0.25, 0.3) is 5.91 Å². The van der Waals surface area contributed by atoms with Crippen molar-refractivity contribution in [2.45, 2.75) is 6.54 Å². The van der Waals surface area contributed by atoms with Gasteiger partial charge >= 0.3 is 0 Å². The molecule has 0 spiro atoms. The molecule has 2 aromatic carbocycles. The van der Waals surface area contributed by atoms with E-state index in [1.165, 1.54) is 18.2 Å². The number of rotatable bonds is 3. The molecule has 3 N–H and O–H groups in total. The zero-order valence-corrected chi connectivity index (χ0v) is 11.1. The number of hydrogen-bond donors (Lipinski definition) is 2. The van der Waals surface area contributed by atoms with E-state index < -0.39 is 0 Å². The van der Waals surface area contributed by atoms with Crippen LogP contribution in [0.15, 0.2) is 52.9 Å². The van der Waals surface area contributed by atoms with Crippen molar-refractivity contribution in [3.63, 3.8) is 0 Å². The molecule has 1 aromatic heterocycles. The van der Waals surface area contributed by atoms with Crippen LogP contribution in [0.25, 0.3) is 11.0 Å². The van der Waals surface area contributed by atoms with E-state index in [1.807, 2.05) is 18.2 Å². The second kappa shape index (κ2) is 5.38. The Morgan fingerprint density at radius 1 is 1.19 bits per heavy atom. The molecule has 0 saturated heterocycles. The normalized spacial score (nSPS) is 10.8. The lowest BCUT2D eigenvalue weighted by Crippen LogP contribution is -2.11. The summed E-state index contributed by atoms with van der Waals surface area (Å²) in [6.45, 7) is 0.0696. The molecule has 1 amide bonds. The standard InChI is InChI=1S/C16H13FN2O2/c17-13-6-5-12(7-11(13)9-18)19-16(20)15-8-10-3-1-2-4-14(10)21-15/h1-8H,9,18H2,(H,19,20). The first kappa shape index (κ1) is 13.3. The van der Waals surface area contributed by atoms with E-state index in [-0.39, 0.29) is 24.0 Å². The number of nitrogens with one attached hydrogen (secondary N) is 1. The summed E-state index contributed by atoms with van der Waals surface area (Å²) < 4.78 is 18.8. The number of hydrogen-bond acceptors (Lipinski definition) is 3. The molecule has 0 bridgehead atoms. The number of furan rings is 1. The Labute approximate surface area is 120 Å². The average molecular weight is 284 g/mol. The Morgan fingerprint density at radius 2 is 2.00 bits per heavy atom. The Morgan fingerprint density at radius 3 is 2.76 bits per heavy atom. The highest BCUT2D eigenvalue weighted by atomic mass is 19.1. The predicted molar refractivity (Wildman–Crippen MR) is 78.5 cm³/mol. The van der Waals surface area contributed by atoms with Crippen molar-refractivity contribution >= 4 is 22.6 Å². The predicted octanol–water partition coefficient (Wildman–Crippen LogP) is 3.28. The van der Waals surface area contributed by atoms with Gasteiger partial charge in [-0.15, -0.1) is 0 Å². The van der Waals surface area contributed by atoms with Crippen molar-refractivity contribution < 1.29 is 13.6 Å². The summed E-state index contributed by atoms with van der Waals surface area (Å²) in [5.41, 5.74) is 6.90. The van der Waals surface area contributed by atoms with Gasteiger partial charge < -0.3 is 15.5 Å². The van der Waals surface area contributed by atoms with Crippen LogP contribution in [0.3, 0.4) is 0 Å². The van der Waals surface area contributed by atoms with Crippen molar-refractivity contribution in [2.24, 2.45) is 5.73 Å². The highest BCUT2D eigenvalue weighted by molar-refractivity contribution is 6.04. The molecule has 0 aliphatic carbocycles. The Kier molecular flexibility index (Phi) is 3.41. The van der Waals surface area contributed by atoms with E-state index in [2.05, 4.69) is 5.32 Å². The van der Waals surface area contributed by atoms with E-state index >= 15 is 0 Å². The number of halogens is 1. The van der Waals surface area contributed by atoms with Gasteiger partial charge in [-0.2, -0.15) is 0 Å². The van der Waals surface area contributed by atoms with E-state index in [0.717, 1.165) is 5.39 Å². The number of fused-ring (bicyclic) bond motifs is 1. The summed E-state index contributed by atoms with van der Waals surface area (Å²) in [5.74, 6) is -0.574. The minimum absolute atomic E-state index is 0.0696. The summed E-state index contributed by atoms with van der Waals surface area (Å²) in [6, 6.07) is 13.3. The highest BCUT2D eigenvalue weighted by Crippen LogP contribution is 2.20. The van der Waals surface area contributed by atoms with Crippen LogP contribution >= 0.6 is 0 Å². The molecule has 1 heterocycles. The van der Waals surface area contributed by atoms with E-state index in [4.69, 9.17) is 10.2 Å². The first-order chi connectivity index (χ1) is 10.2. The second-order valence-corrected chi connectivity index (χ2v) is 4.61. The maximum absolute atomic E-state index is 13.4. The van der Waals surface area contributed by atoms with Crippen LogP contribution in [0.2, 0.25) is 0 Å². The SMILES string of the molecule is NCc1cc(NC(=O)c2cc3ccccc3o2)ccc1F. The van der Waals surface area contributed by atoms with Crippen LogP contribution in [-0.2, 0) is 6.54 Å². The molecule has 4 nitrogen and oxygen atoms in total. The molecule has 3 aromatic rings.